The Morgan fingerprint density at radius 1 is 1.11 bits per heavy atom. The third kappa shape index (κ3) is 2.26. The first-order valence-corrected chi connectivity index (χ1v) is 6.55. The van der Waals surface area contributed by atoms with Crippen LogP contribution < -0.4 is 0 Å². The first-order chi connectivity index (χ1) is 9.16. The average Bonchev–Trinajstić information content (AvgIpc) is 3.19. The minimum Gasteiger partial charge on any atom is -0.508 e. The van der Waals surface area contributed by atoms with E-state index in [0.717, 1.165) is 23.1 Å². The zero-order valence-corrected chi connectivity index (χ0v) is 10.8. The molecular weight excluding hydrogens is 236 g/mol. The van der Waals surface area contributed by atoms with Gasteiger partial charge < -0.3 is 5.11 Å². The molecule has 1 aliphatic rings. The van der Waals surface area contributed by atoms with Crippen LogP contribution in [0.15, 0.2) is 48.5 Å². The van der Waals surface area contributed by atoms with Gasteiger partial charge in [0.15, 0.2) is 5.78 Å². The maximum atomic E-state index is 11.7. The van der Waals surface area contributed by atoms with Gasteiger partial charge in [-0.25, -0.2) is 0 Å². The van der Waals surface area contributed by atoms with E-state index in [0.29, 0.717) is 17.6 Å². The molecule has 19 heavy (non-hydrogen) atoms. The van der Waals surface area contributed by atoms with Gasteiger partial charge >= 0.3 is 0 Å². The number of hydrogen-bond donors (Lipinski definition) is 1. The molecule has 2 nitrogen and oxygen atoms in total. The lowest BCUT2D eigenvalue weighted by molar-refractivity contribution is 0.101. The molecule has 2 aromatic rings. The Morgan fingerprint density at radius 2 is 1.89 bits per heavy atom. The van der Waals surface area contributed by atoms with E-state index in [-0.39, 0.29) is 5.78 Å². The number of phenols is 1. The second-order valence-electron chi connectivity index (χ2n) is 5.19. The maximum absolute atomic E-state index is 11.7. The van der Waals surface area contributed by atoms with E-state index in [2.05, 4.69) is 0 Å². The van der Waals surface area contributed by atoms with Crippen molar-refractivity contribution in [2.24, 2.45) is 0 Å². The molecule has 0 saturated heterocycles. The standard InChI is InChI=1S/C17H16O2/c1-11(18)14-7-2-3-8-15(14)17-10-16(17)12-5-4-6-13(19)9-12/h2-9,16-17,19H,10H2,1H3. The summed E-state index contributed by atoms with van der Waals surface area (Å²) >= 11 is 0. The molecule has 96 valence electrons. The van der Waals surface area contributed by atoms with Gasteiger partial charge in [0.25, 0.3) is 0 Å². The summed E-state index contributed by atoms with van der Waals surface area (Å²) in [5, 5.41) is 9.54. The van der Waals surface area contributed by atoms with Crippen molar-refractivity contribution < 1.29 is 9.90 Å². The van der Waals surface area contributed by atoms with Crippen LogP contribution in [0.1, 0.15) is 46.7 Å². The molecule has 2 unspecified atom stereocenters. The van der Waals surface area contributed by atoms with Crippen LogP contribution in [0, 0.1) is 0 Å². The van der Waals surface area contributed by atoms with E-state index in [1.165, 1.54) is 0 Å². The Balaban J connectivity index is 1.89. The van der Waals surface area contributed by atoms with Crippen molar-refractivity contribution in [3.63, 3.8) is 0 Å². The van der Waals surface area contributed by atoms with Gasteiger partial charge in [0.2, 0.25) is 0 Å². The van der Waals surface area contributed by atoms with Gasteiger partial charge in [-0.1, -0.05) is 36.4 Å². The Bertz CT molecular complexity index is 631. The van der Waals surface area contributed by atoms with Gasteiger partial charge in [0.1, 0.15) is 5.75 Å². The van der Waals surface area contributed by atoms with Crippen LogP contribution >= 0.6 is 0 Å². The number of ketones is 1. The van der Waals surface area contributed by atoms with Gasteiger partial charge in [-0.15, -0.1) is 0 Å². The van der Waals surface area contributed by atoms with Crippen molar-refractivity contribution in [1.29, 1.82) is 0 Å². The third-order valence-electron chi connectivity index (χ3n) is 3.83. The largest absolute Gasteiger partial charge is 0.508 e. The van der Waals surface area contributed by atoms with Crippen LogP contribution in [0.3, 0.4) is 0 Å². The first-order valence-electron chi connectivity index (χ1n) is 6.55. The van der Waals surface area contributed by atoms with E-state index in [4.69, 9.17) is 0 Å². The summed E-state index contributed by atoms with van der Waals surface area (Å²) < 4.78 is 0. The van der Waals surface area contributed by atoms with Crippen molar-refractivity contribution >= 4 is 5.78 Å². The highest BCUT2D eigenvalue weighted by Crippen LogP contribution is 2.55. The monoisotopic (exact) mass is 252 g/mol. The minimum atomic E-state index is 0.122. The lowest BCUT2D eigenvalue weighted by Gasteiger charge is -2.06. The molecule has 1 saturated carbocycles. The molecule has 0 aromatic heterocycles. The molecule has 1 fully saturated rings. The predicted molar refractivity (Wildman–Crippen MR) is 74.7 cm³/mol. The summed E-state index contributed by atoms with van der Waals surface area (Å²) in [6, 6.07) is 15.3. The van der Waals surface area contributed by atoms with E-state index >= 15 is 0 Å². The molecule has 0 aliphatic heterocycles. The summed E-state index contributed by atoms with van der Waals surface area (Å²) in [4.78, 5) is 11.7. The van der Waals surface area contributed by atoms with Crippen LogP contribution in [0.5, 0.6) is 5.75 Å². The Kier molecular flexibility index (Phi) is 2.86. The summed E-state index contributed by atoms with van der Waals surface area (Å²) in [5.41, 5.74) is 3.13. The number of hydrogen-bond acceptors (Lipinski definition) is 2. The fraction of sp³-hybridized carbons (Fsp3) is 0.235. The van der Waals surface area contributed by atoms with Gasteiger partial charge in [0, 0.05) is 5.56 Å². The Labute approximate surface area is 112 Å². The summed E-state index contributed by atoms with van der Waals surface area (Å²) in [5.74, 6) is 1.26. The molecule has 0 heterocycles. The molecular formula is C17H16O2. The molecule has 1 N–H and O–H groups in total. The van der Waals surface area contributed by atoms with E-state index < -0.39 is 0 Å². The van der Waals surface area contributed by atoms with Gasteiger partial charge in [0.05, 0.1) is 0 Å². The lowest BCUT2D eigenvalue weighted by Crippen LogP contribution is -1.98. The first kappa shape index (κ1) is 12.0. The number of rotatable bonds is 3. The highest BCUT2D eigenvalue weighted by molar-refractivity contribution is 5.95. The summed E-state index contributed by atoms with van der Waals surface area (Å²) in [6.45, 7) is 1.62. The lowest BCUT2D eigenvalue weighted by atomic mass is 9.97. The number of aromatic hydroxyl groups is 1. The van der Waals surface area contributed by atoms with Crippen LogP contribution in [-0.2, 0) is 0 Å². The minimum absolute atomic E-state index is 0.122. The Hall–Kier alpha value is -2.09. The summed E-state index contributed by atoms with van der Waals surface area (Å²) in [6.07, 6.45) is 1.05. The van der Waals surface area contributed by atoms with Crippen LogP contribution in [-0.4, -0.2) is 10.9 Å². The smallest absolute Gasteiger partial charge is 0.160 e. The van der Waals surface area contributed by atoms with Crippen molar-refractivity contribution in [2.75, 3.05) is 0 Å². The van der Waals surface area contributed by atoms with E-state index in [1.54, 1.807) is 13.0 Å². The van der Waals surface area contributed by atoms with Gasteiger partial charge in [-0.2, -0.15) is 0 Å². The maximum Gasteiger partial charge on any atom is 0.160 e. The number of benzene rings is 2. The van der Waals surface area contributed by atoms with Crippen molar-refractivity contribution in [3.05, 3.63) is 65.2 Å². The van der Waals surface area contributed by atoms with Crippen LogP contribution in [0.25, 0.3) is 0 Å². The second kappa shape index (κ2) is 4.54. The van der Waals surface area contributed by atoms with Crippen molar-refractivity contribution in [3.8, 4) is 5.75 Å². The van der Waals surface area contributed by atoms with Crippen molar-refractivity contribution in [2.45, 2.75) is 25.2 Å². The molecule has 0 bridgehead atoms. The second-order valence-corrected chi connectivity index (χ2v) is 5.19. The zero-order valence-electron chi connectivity index (χ0n) is 10.8. The molecule has 0 amide bonds. The van der Waals surface area contributed by atoms with Gasteiger partial charge in [-0.3, -0.25) is 4.79 Å². The zero-order chi connectivity index (χ0) is 13.4. The molecule has 2 heteroatoms. The highest BCUT2D eigenvalue weighted by atomic mass is 16.3. The van der Waals surface area contributed by atoms with Crippen molar-refractivity contribution in [1.82, 2.24) is 0 Å². The number of phenolic OH excluding ortho intramolecular Hbond substituents is 1. The molecule has 3 rings (SSSR count). The average molecular weight is 252 g/mol. The molecule has 0 spiro atoms. The quantitative estimate of drug-likeness (QED) is 0.842. The molecule has 2 atom stereocenters. The topological polar surface area (TPSA) is 37.3 Å². The number of Topliss-reactive ketones (excluding diaryl/α,β-unsaturated/α-hetero) is 1. The number of carbonyl (C=O) groups is 1. The SMILES string of the molecule is CC(=O)c1ccccc1C1CC1c1cccc(O)c1. The molecule has 0 radical (unpaired) electrons. The van der Waals surface area contributed by atoms with Crippen LogP contribution in [0.2, 0.25) is 0 Å². The van der Waals surface area contributed by atoms with Crippen LogP contribution in [0.4, 0.5) is 0 Å². The fourth-order valence-corrected chi connectivity index (χ4v) is 2.80. The highest BCUT2D eigenvalue weighted by Gasteiger charge is 2.40. The fourth-order valence-electron chi connectivity index (χ4n) is 2.80. The summed E-state index contributed by atoms with van der Waals surface area (Å²) in [7, 11) is 0. The van der Waals surface area contributed by atoms with E-state index in [1.807, 2.05) is 42.5 Å². The van der Waals surface area contributed by atoms with Gasteiger partial charge in [-0.05, 0) is 48.4 Å². The third-order valence-corrected chi connectivity index (χ3v) is 3.83. The molecule has 2 aromatic carbocycles. The Morgan fingerprint density at radius 3 is 2.63 bits per heavy atom. The number of carbonyl (C=O) groups excluding carboxylic acids is 1. The van der Waals surface area contributed by atoms with E-state index in [9.17, 15) is 9.90 Å². The normalized spacial score (nSPS) is 21.1. The molecule has 1 aliphatic carbocycles. The predicted octanol–water partition coefficient (Wildman–Crippen LogP) is 3.87.